The Labute approximate surface area is 207 Å². The van der Waals surface area contributed by atoms with Gasteiger partial charge in [-0.2, -0.15) is 0 Å². The SMILES string of the molecule is CN=C(NCCc1ccc(S(C)(=O)=O)cc1)NC1CCN(Cc2ccc(F)cc2)CC1.I. The summed E-state index contributed by atoms with van der Waals surface area (Å²) in [6, 6.07) is 14.1. The van der Waals surface area contributed by atoms with Gasteiger partial charge >= 0.3 is 0 Å². The van der Waals surface area contributed by atoms with Crippen molar-refractivity contribution in [3.05, 3.63) is 65.5 Å². The first kappa shape index (κ1) is 26.5. The summed E-state index contributed by atoms with van der Waals surface area (Å²) in [6.07, 6.45) is 4.04. The Kier molecular flexibility index (Phi) is 10.4. The number of rotatable bonds is 7. The van der Waals surface area contributed by atoms with E-state index in [0.29, 0.717) is 17.5 Å². The topological polar surface area (TPSA) is 73.8 Å². The molecular weight excluding hydrogens is 542 g/mol. The molecule has 1 saturated heterocycles. The Morgan fingerprint density at radius 1 is 1.06 bits per heavy atom. The van der Waals surface area contributed by atoms with Crippen LogP contribution in [-0.4, -0.2) is 58.3 Å². The lowest BCUT2D eigenvalue weighted by atomic mass is 10.0. The summed E-state index contributed by atoms with van der Waals surface area (Å²) in [7, 11) is -1.40. The summed E-state index contributed by atoms with van der Waals surface area (Å²) >= 11 is 0. The molecule has 1 heterocycles. The minimum atomic E-state index is -3.16. The third-order valence-electron chi connectivity index (χ3n) is 5.53. The van der Waals surface area contributed by atoms with Crippen LogP contribution in [-0.2, 0) is 22.8 Å². The van der Waals surface area contributed by atoms with Gasteiger partial charge in [0.1, 0.15) is 5.82 Å². The minimum Gasteiger partial charge on any atom is -0.356 e. The van der Waals surface area contributed by atoms with Gasteiger partial charge in [0.25, 0.3) is 0 Å². The highest BCUT2D eigenvalue weighted by Crippen LogP contribution is 2.14. The highest BCUT2D eigenvalue weighted by atomic mass is 127. The van der Waals surface area contributed by atoms with E-state index in [-0.39, 0.29) is 29.8 Å². The number of sulfone groups is 1. The maximum atomic E-state index is 13.1. The Morgan fingerprint density at radius 2 is 1.66 bits per heavy atom. The third kappa shape index (κ3) is 8.32. The number of nitrogens with one attached hydrogen (secondary N) is 2. The molecule has 1 aliphatic rings. The van der Waals surface area contributed by atoms with Crippen LogP contribution in [0, 0.1) is 5.82 Å². The minimum absolute atomic E-state index is 0. The van der Waals surface area contributed by atoms with Gasteiger partial charge in [0.2, 0.25) is 0 Å². The molecule has 0 atom stereocenters. The van der Waals surface area contributed by atoms with Crippen LogP contribution in [0.2, 0.25) is 0 Å². The fourth-order valence-electron chi connectivity index (χ4n) is 3.70. The predicted octanol–water partition coefficient (Wildman–Crippen LogP) is 3.22. The van der Waals surface area contributed by atoms with Gasteiger partial charge in [-0.1, -0.05) is 24.3 Å². The van der Waals surface area contributed by atoms with Crippen LogP contribution >= 0.6 is 24.0 Å². The third-order valence-corrected chi connectivity index (χ3v) is 6.66. The van der Waals surface area contributed by atoms with Crippen molar-refractivity contribution in [2.24, 2.45) is 4.99 Å². The molecule has 0 radical (unpaired) electrons. The van der Waals surface area contributed by atoms with E-state index in [0.717, 1.165) is 56.0 Å². The monoisotopic (exact) mass is 574 g/mol. The molecule has 9 heteroatoms. The number of aliphatic imine (C=N–C) groups is 1. The van der Waals surface area contributed by atoms with Crippen LogP contribution in [0.25, 0.3) is 0 Å². The Hall–Kier alpha value is -1.72. The van der Waals surface area contributed by atoms with Gasteiger partial charge in [0, 0.05) is 45.5 Å². The van der Waals surface area contributed by atoms with E-state index in [9.17, 15) is 12.8 Å². The number of nitrogens with zero attached hydrogens (tertiary/aromatic N) is 2. The van der Waals surface area contributed by atoms with Crippen LogP contribution in [0.3, 0.4) is 0 Å². The fourth-order valence-corrected chi connectivity index (χ4v) is 4.33. The first-order valence-corrected chi connectivity index (χ1v) is 12.5. The van der Waals surface area contributed by atoms with Gasteiger partial charge in [0.15, 0.2) is 15.8 Å². The summed E-state index contributed by atoms with van der Waals surface area (Å²) in [5.74, 6) is 0.584. The normalized spacial score (nSPS) is 15.8. The molecule has 0 aliphatic carbocycles. The van der Waals surface area contributed by atoms with Crippen LogP contribution in [0.4, 0.5) is 4.39 Å². The van der Waals surface area contributed by atoms with Crippen molar-refractivity contribution >= 4 is 39.8 Å². The average Bonchev–Trinajstić information content (AvgIpc) is 2.75. The first-order valence-electron chi connectivity index (χ1n) is 10.6. The van der Waals surface area contributed by atoms with Crippen molar-refractivity contribution in [3.8, 4) is 0 Å². The maximum absolute atomic E-state index is 13.1. The molecule has 0 spiro atoms. The molecule has 32 heavy (non-hydrogen) atoms. The second kappa shape index (κ2) is 12.5. The van der Waals surface area contributed by atoms with Gasteiger partial charge in [-0.25, -0.2) is 12.8 Å². The Balaban J connectivity index is 0.00000363. The lowest BCUT2D eigenvalue weighted by molar-refractivity contribution is 0.198. The molecule has 2 aromatic carbocycles. The number of benzene rings is 2. The van der Waals surface area contributed by atoms with Gasteiger partial charge < -0.3 is 10.6 Å². The van der Waals surface area contributed by atoms with E-state index in [1.165, 1.54) is 18.4 Å². The highest BCUT2D eigenvalue weighted by molar-refractivity contribution is 14.0. The first-order chi connectivity index (χ1) is 14.8. The fraction of sp³-hybridized carbons (Fsp3) is 0.435. The van der Waals surface area contributed by atoms with Crippen molar-refractivity contribution in [3.63, 3.8) is 0 Å². The van der Waals surface area contributed by atoms with Crippen LogP contribution in [0.1, 0.15) is 24.0 Å². The van der Waals surface area contributed by atoms with Crippen molar-refractivity contribution < 1.29 is 12.8 Å². The van der Waals surface area contributed by atoms with E-state index in [1.54, 1.807) is 19.2 Å². The lowest BCUT2D eigenvalue weighted by Gasteiger charge is -2.33. The van der Waals surface area contributed by atoms with E-state index in [4.69, 9.17) is 0 Å². The molecule has 1 aliphatic heterocycles. The van der Waals surface area contributed by atoms with Gasteiger partial charge in [-0.15, -0.1) is 24.0 Å². The second-order valence-electron chi connectivity index (χ2n) is 7.99. The smallest absolute Gasteiger partial charge is 0.191 e. The van der Waals surface area contributed by atoms with Crippen molar-refractivity contribution in [1.29, 1.82) is 0 Å². The van der Waals surface area contributed by atoms with E-state index in [2.05, 4.69) is 20.5 Å². The van der Waals surface area contributed by atoms with Crippen LogP contribution in [0.5, 0.6) is 0 Å². The quantitative estimate of drug-likeness (QED) is 0.302. The van der Waals surface area contributed by atoms with Gasteiger partial charge in [0.05, 0.1) is 4.90 Å². The molecule has 2 aromatic rings. The summed E-state index contributed by atoms with van der Waals surface area (Å²) < 4.78 is 36.1. The molecule has 6 nitrogen and oxygen atoms in total. The molecular formula is C23H32FIN4O2S. The van der Waals surface area contributed by atoms with E-state index >= 15 is 0 Å². The summed E-state index contributed by atoms with van der Waals surface area (Å²) in [4.78, 5) is 7.05. The highest BCUT2D eigenvalue weighted by Gasteiger charge is 2.20. The Bertz CT molecular complexity index is 974. The summed E-state index contributed by atoms with van der Waals surface area (Å²) in [6.45, 7) is 3.52. The van der Waals surface area contributed by atoms with Crippen molar-refractivity contribution in [2.45, 2.75) is 36.7 Å². The second-order valence-corrected chi connectivity index (χ2v) is 10.0. The molecule has 3 rings (SSSR count). The largest absolute Gasteiger partial charge is 0.356 e. The summed E-state index contributed by atoms with van der Waals surface area (Å²) in [5.41, 5.74) is 2.21. The Morgan fingerprint density at radius 3 is 2.22 bits per heavy atom. The molecule has 176 valence electrons. The molecule has 0 unspecified atom stereocenters. The average molecular weight is 575 g/mol. The predicted molar refractivity (Wildman–Crippen MR) is 138 cm³/mol. The molecule has 0 bridgehead atoms. The van der Waals surface area contributed by atoms with E-state index in [1.807, 2.05) is 24.3 Å². The van der Waals surface area contributed by atoms with E-state index < -0.39 is 9.84 Å². The van der Waals surface area contributed by atoms with Gasteiger partial charge in [-0.05, 0) is 54.7 Å². The molecule has 0 aromatic heterocycles. The van der Waals surface area contributed by atoms with Crippen molar-refractivity contribution in [1.82, 2.24) is 15.5 Å². The zero-order valence-corrected chi connectivity index (χ0v) is 21.7. The molecule has 2 N–H and O–H groups in total. The zero-order chi connectivity index (χ0) is 22.3. The number of likely N-dealkylation sites (tertiary alicyclic amines) is 1. The number of halogens is 2. The molecule has 0 amide bonds. The van der Waals surface area contributed by atoms with Crippen molar-refractivity contribution in [2.75, 3.05) is 32.9 Å². The molecule has 0 saturated carbocycles. The van der Waals surface area contributed by atoms with Crippen LogP contribution in [0.15, 0.2) is 58.4 Å². The number of hydrogen-bond acceptors (Lipinski definition) is 4. The summed E-state index contributed by atoms with van der Waals surface area (Å²) in [5, 5.41) is 6.83. The molecule has 1 fully saturated rings. The number of piperidine rings is 1. The standard InChI is InChI=1S/C23H31FN4O2S.HI/c1-25-23(26-14-11-18-5-9-22(10-6-18)31(2,29)30)27-21-12-15-28(16-13-21)17-19-3-7-20(24)8-4-19;/h3-10,21H,11-17H2,1-2H3,(H2,25,26,27);1H. The number of guanidine groups is 1. The van der Waals surface area contributed by atoms with Crippen LogP contribution < -0.4 is 10.6 Å². The van der Waals surface area contributed by atoms with Gasteiger partial charge in [-0.3, -0.25) is 9.89 Å². The zero-order valence-electron chi connectivity index (χ0n) is 18.6. The maximum Gasteiger partial charge on any atom is 0.191 e. The lowest BCUT2D eigenvalue weighted by Crippen LogP contribution is -2.48. The number of hydrogen-bond donors (Lipinski definition) is 2.